The van der Waals surface area contributed by atoms with Gasteiger partial charge in [0.25, 0.3) is 17.4 Å². The largest absolute Gasteiger partial charge is 0.327 e. The van der Waals surface area contributed by atoms with Crippen LogP contribution in [0.25, 0.3) is 0 Å². The first-order chi connectivity index (χ1) is 12.6. The number of nitrogens with zero attached hydrogens (tertiary/aromatic N) is 1. The van der Waals surface area contributed by atoms with Crippen LogP contribution in [-0.2, 0) is 4.79 Å². The molecule has 2 heterocycles. The number of carbonyl (C=O) groups is 3. The molecule has 1 aromatic carbocycles. The number of rotatable bonds is 7. The maximum atomic E-state index is 12.2. The van der Waals surface area contributed by atoms with E-state index in [9.17, 15) is 19.2 Å². The third kappa shape index (κ3) is 3.72. The number of H-pyrrole nitrogens is 1. The van der Waals surface area contributed by atoms with Gasteiger partial charge < -0.3 is 10.3 Å². The van der Waals surface area contributed by atoms with Crippen LogP contribution < -0.4 is 10.9 Å². The van der Waals surface area contributed by atoms with Gasteiger partial charge in [0.1, 0.15) is 5.69 Å². The molecule has 2 N–H and O–H groups in total. The van der Waals surface area contributed by atoms with Gasteiger partial charge in [-0.05, 0) is 37.1 Å². The third-order valence-electron chi connectivity index (χ3n) is 4.26. The van der Waals surface area contributed by atoms with Crippen molar-refractivity contribution in [3.05, 3.63) is 64.1 Å². The number of aromatic nitrogens is 1. The van der Waals surface area contributed by atoms with Crippen molar-refractivity contribution in [1.29, 1.82) is 0 Å². The van der Waals surface area contributed by atoms with Crippen molar-refractivity contribution in [2.24, 2.45) is 0 Å². The molecule has 1 aliphatic rings. The minimum absolute atomic E-state index is 0.225. The zero-order valence-corrected chi connectivity index (χ0v) is 14.2. The molecule has 7 nitrogen and oxygen atoms in total. The molecule has 26 heavy (non-hydrogen) atoms. The van der Waals surface area contributed by atoms with E-state index in [2.05, 4.69) is 10.3 Å². The predicted molar refractivity (Wildman–Crippen MR) is 96.0 cm³/mol. The molecule has 0 spiro atoms. The Morgan fingerprint density at radius 3 is 2.27 bits per heavy atom. The molecule has 3 amide bonds. The molecular weight excluding hydrogens is 334 g/mol. The molecule has 0 bridgehead atoms. The molecular formula is C19H19N3O4. The van der Waals surface area contributed by atoms with Crippen LogP contribution in [0.4, 0.5) is 5.69 Å². The number of fused-ring (bicyclic) bond motifs is 1. The predicted octanol–water partition coefficient (Wildman–Crippen LogP) is 2.17. The summed E-state index contributed by atoms with van der Waals surface area (Å²) in [7, 11) is 0. The van der Waals surface area contributed by atoms with Gasteiger partial charge in [-0.1, -0.05) is 18.6 Å². The number of aromatic amines is 1. The fourth-order valence-corrected chi connectivity index (χ4v) is 2.91. The lowest BCUT2D eigenvalue weighted by Crippen LogP contribution is -2.30. The van der Waals surface area contributed by atoms with Crippen molar-refractivity contribution >= 4 is 23.4 Å². The fourth-order valence-electron chi connectivity index (χ4n) is 2.91. The van der Waals surface area contributed by atoms with Crippen molar-refractivity contribution in [1.82, 2.24) is 9.88 Å². The molecule has 0 fully saturated rings. The van der Waals surface area contributed by atoms with Crippen LogP contribution in [0.15, 0.2) is 47.4 Å². The van der Waals surface area contributed by atoms with Crippen molar-refractivity contribution in [2.45, 2.75) is 25.7 Å². The second kappa shape index (κ2) is 7.77. The summed E-state index contributed by atoms with van der Waals surface area (Å²) in [6.45, 7) is 0.340. The highest BCUT2D eigenvalue weighted by Crippen LogP contribution is 2.22. The average Bonchev–Trinajstić information content (AvgIpc) is 2.88. The molecule has 7 heteroatoms. The summed E-state index contributed by atoms with van der Waals surface area (Å²) in [4.78, 5) is 51.5. The molecule has 0 radical (unpaired) electrons. The second-order valence-electron chi connectivity index (χ2n) is 6.08. The summed E-state index contributed by atoms with van der Waals surface area (Å²) in [6, 6.07) is 9.97. The second-order valence-corrected chi connectivity index (χ2v) is 6.08. The normalized spacial score (nSPS) is 13.0. The summed E-state index contributed by atoms with van der Waals surface area (Å²) in [6.07, 6.45) is 3.71. The van der Waals surface area contributed by atoms with Gasteiger partial charge in [-0.2, -0.15) is 0 Å². The van der Waals surface area contributed by atoms with Crippen LogP contribution in [0.5, 0.6) is 0 Å². The maximum absolute atomic E-state index is 12.2. The molecule has 2 aromatic rings. The Morgan fingerprint density at radius 2 is 1.62 bits per heavy atom. The summed E-state index contributed by atoms with van der Waals surface area (Å²) >= 11 is 0. The Bertz CT molecular complexity index is 868. The minimum Gasteiger partial charge on any atom is -0.327 e. The lowest BCUT2D eigenvalue weighted by Gasteiger charge is -2.13. The number of hydrogen-bond donors (Lipinski definition) is 2. The number of benzene rings is 1. The van der Waals surface area contributed by atoms with E-state index in [4.69, 9.17) is 0 Å². The molecule has 0 unspecified atom stereocenters. The van der Waals surface area contributed by atoms with E-state index in [1.165, 1.54) is 11.1 Å². The summed E-state index contributed by atoms with van der Waals surface area (Å²) in [5.41, 5.74) is 0.782. The topological polar surface area (TPSA) is 99.3 Å². The van der Waals surface area contributed by atoms with E-state index in [1.54, 1.807) is 36.4 Å². The summed E-state index contributed by atoms with van der Waals surface area (Å²) < 4.78 is 0. The highest BCUT2D eigenvalue weighted by molar-refractivity contribution is 6.21. The van der Waals surface area contributed by atoms with Gasteiger partial charge in [0.2, 0.25) is 5.91 Å². The third-order valence-corrected chi connectivity index (χ3v) is 4.26. The van der Waals surface area contributed by atoms with Crippen LogP contribution in [0, 0.1) is 0 Å². The molecule has 3 rings (SSSR count). The zero-order chi connectivity index (χ0) is 18.5. The zero-order valence-electron chi connectivity index (χ0n) is 14.2. The van der Waals surface area contributed by atoms with Crippen LogP contribution in [0.1, 0.15) is 46.4 Å². The quantitative estimate of drug-likeness (QED) is 0.588. The summed E-state index contributed by atoms with van der Waals surface area (Å²) in [5, 5.41) is 2.57. The number of imide groups is 1. The van der Waals surface area contributed by atoms with Gasteiger partial charge in [-0.3, -0.25) is 24.1 Å². The van der Waals surface area contributed by atoms with E-state index >= 15 is 0 Å². The molecule has 0 saturated heterocycles. The van der Waals surface area contributed by atoms with Gasteiger partial charge in [0, 0.05) is 19.2 Å². The highest BCUT2D eigenvalue weighted by atomic mass is 16.2. The standard InChI is InChI=1S/C19H19N3O4/c23-16(21-15-9-6-11-20-17(15)24)10-2-1-5-12-22-18(25)13-7-3-4-8-14(13)19(22)26/h3-4,6-9,11H,1-2,5,10,12H2,(H,20,24)(H,21,23). The average molecular weight is 353 g/mol. The Kier molecular flexibility index (Phi) is 5.26. The number of unbranched alkanes of at least 4 members (excludes halogenated alkanes) is 2. The van der Waals surface area contributed by atoms with Crippen molar-refractivity contribution in [3.63, 3.8) is 0 Å². The first-order valence-corrected chi connectivity index (χ1v) is 8.50. The monoisotopic (exact) mass is 353 g/mol. The molecule has 0 saturated carbocycles. The van der Waals surface area contributed by atoms with E-state index in [0.29, 0.717) is 36.9 Å². The first kappa shape index (κ1) is 17.6. The number of carbonyl (C=O) groups excluding carboxylic acids is 3. The first-order valence-electron chi connectivity index (χ1n) is 8.50. The molecule has 134 valence electrons. The number of nitrogens with one attached hydrogen (secondary N) is 2. The molecule has 0 atom stereocenters. The Labute approximate surface area is 150 Å². The van der Waals surface area contributed by atoms with Crippen LogP contribution >= 0.6 is 0 Å². The van der Waals surface area contributed by atoms with Crippen molar-refractivity contribution in [2.75, 3.05) is 11.9 Å². The van der Waals surface area contributed by atoms with Crippen molar-refractivity contribution < 1.29 is 14.4 Å². The highest BCUT2D eigenvalue weighted by Gasteiger charge is 2.34. The Hall–Kier alpha value is -3.22. The Morgan fingerprint density at radius 1 is 0.923 bits per heavy atom. The van der Waals surface area contributed by atoms with E-state index in [1.807, 2.05) is 0 Å². The molecule has 0 aliphatic carbocycles. The smallest absolute Gasteiger partial charge is 0.271 e. The van der Waals surface area contributed by atoms with Crippen LogP contribution in [0.3, 0.4) is 0 Å². The van der Waals surface area contributed by atoms with Gasteiger partial charge in [-0.25, -0.2) is 0 Å². The summed E-state index contributed by atoms with van der Waals surface area (Å²) in [5.74, 6) is -0.749. The lowest BCUT2D eigenvalue weighted by molar-refractivity contribution is -0.116. The molecule has 1 aromatic heterocycles. The number of pyridine rings is 1. The molecule has 1 aliphatic heterocycles. The SMILES string of the molecule is O=C(CCCCCN1C(=O)c2ccccc2C1=O)Nc1ccc[nH]c1=O. The van der Waals surface area contributed by atoms with Crippen LogP contribution in [-0.4, -0.2) is 34.2 Å². The van der Waals surface area contributed by atoms with Gasteiger partial charge in [-0.15, -0.1) is 0 Å². The minimum atomic E-state index is -0.341. The van der Waals surface area contributed by atoms with E-state index in [0.717, 1.165) is 0 Å². The number of amides is 3. The fraction of sp³-hybridized carbons (Fsp3) is 0.263. The maximum Gasteiger partial charge on any atom is 0.271 e. The number of anilines is 1. The Balaban J connectivity index is 1.41. The lowest BCUT2D eigenvalue weighted by atomic mass is 10.1. The van der Waals surface area contributed by atoms with Gasteiger partial charge in [0.05, 0.1) is 11.1 Å². The van der Waals surface area contributed by atoms with E-state index < -0.39 is 0 Å². The number of hydrogen-bond acceptors (Lipinski definition) is 4. The van der Waals surface area contributed by atoms with Gasteiger partial charge in [0.15, 0.2) is 0 Å². The van der Waals surface area contributed by atoms with Gasteiger partial charge >= 0.3 is 0 Å². The van der Waals surface area contributed by atoms with Crippen LogP contribution in [0.2, 0.25) is 0 Å². The van der Waals surface area contributed by atoms with Crippen molar-refractivity contribution in [3.8, 4) is 0 Å². The van der Waals surface area contributed by atoms with E-state index in [-0.39, 0.29) is 35.4 Å².